The molecule has 0 aromatic heterocycles. The zero-order chi connectivity index (χ0) is 15.4. The van der Waals surface area contributed by atoms with E-state index in [-0.39, 0.29) is 11.9 Å². The summed E-state index contributed by atoms with van der Waals surface area (Å²) >= 11 is 4.94. The molecule has 5 heteroatoms. The third-order valence-corrected chi connectivity index (χ3v) is 3.81. The van der Waals surface area contributed by atoms with E-state index in [9.17, 15) is 4.79 Å². The van der Waals surface area contributed by atoms with Gasteiger partial charge in [-0.1, -0.05) is 55.5 Å². The van der Waals surface area contributed by atoms with Crippen molar-refractivity contribution in [3.8, 4) is 0 Å². The number of nitrogens with one attached hydrogen (secondary N) is 1. The van der Waals surface area contributed by atoms with E-state index in [1.165, 1.54) is 0 Å². The van der Waals surface area contributed by atoms with Crippen LogP contribution in [0.25, 0.3) is 10.8 Å². The molecule has 0 spiro atoms. The van der Waals surface area contributed by atoms with Crippen LogP contribution >= 0.6 is 12.2 Å². The molecule has 1 atom stereocenters. The highest BCUT2D eigenvalue weighted by Gasteiger charge is 2.14. The molecular weight excluding hydrogens is 282 g/mol. The van der Waals surface area contributed by atoms with E-state index in [1.807, 2.05) is 49.4 Å². The summed E-state index contributed by atoms with van der Waals surface area (Å²) in [5.41, 5.74) is 6.38. The second kappa shape index (κ2) is 6.54. The molecule has 0 heterocycles. The van der Waals surface area contributed by atoms with Crippen LogP contribution in [-0.4, -0.2) is 29.5 Å². The smallest absolute Gasteiger partial charge is 0.321 e. The van der Waals surface area contributed by atoms with Crippen LogP contribution in [0.5, 0.6) is 0 Å². The molecule has 1 unspecified atom stereocenters. The van der Waals surface area contributed by atoms with Gasteiger partial charge in [0.05, 0.1) is 10.7 Å². The molecule has 2 amide bonds. The first-order valence-corrected chi connectivity index (χ1v) is 7.19. The molecule has 0 aliphatic carbocycles. The van der Waals surface area contributed by atoms with Gasteiger partial charge in [0.2, 0.25) is 0 Å². The Morgan fingerprint density at radius 3 is 2.67 bits per heavy atom. The molecule has 0 saturated heterocycles. The number of anilines is 1. The van der Waals surface area contributed by atoms with Gasteiger partial charge >= 0.3 is 6.03 Å². The number of nitrogens with zero attached hydrogens (tertiary/aromatic N) is 1. The molecule has 0 aliphatic heterocycles. The minimum Gasteiger partial charge on any atom is -0.393 e. The molecule has 0 fully saturated rings. The van der Waals surface area contributed by atoms with Crippen molar-refractivity contribution in [2.24, 2.45) is 11.7 Å². The third kappa shape index (κ3) is 3.70. The van der Waals surface area contributed by atoms with Crippen molar-refractivity contribution in [1.29, 1.82) is 0 Å². The Hall–Kier alpha value is -2.14. The summed E-state index contributed by atoms with van der Waals surface area (Å²) in [5.74, 6) is -0.0109. The van der Waals surface area contributed by atoms with Crippen molar-refractivity contribution in [1.82, 2.24) is 4.90 Å². The van der Waals surface area contributed by atoms with E-state index >= 15 is 0 Å². The van der Waals surface area contributed by atoms with Crippen molar-refractivity contribution in [3.63, 3.8) is 0 Å². The van der Waals surface area contributed by atoms with Gasteiger partial charge in [-0.2, -0.15) is 0 Å². The Morgan fingerprint density at radius 1 is 1.29 bits per heavy atom. The summed E-state index contributed by atoms with van der Waals surface area (Å²) in [6, 6.07) is 13.6. The molecule has 110 valence electrons. The van der Waals surface area contributed by atoms with Crippen LogP contribution < -0.4 is 11.1 Å². The average Bonchev–Trinajstić information content (AvgIpc) is 2.47. The number of carbonyl (C=O) groups is 1. The van der Waals surface area contributed by atoms with Crippen molar-refractivity contribution in [2.45, 2.75) is 6.92 Å². The topological polar surface area (TPSA) is 58.4 Å². The number of rotatable bonds is 4. The fourth-order valence-corrected chi connectivity index (χ4v) is 2.20. The fraction of sp³-hybridized carbons (Fsp3) is 0.250. The van der Waals surface area contributed by atoms with Crippen LogP contribution in [0, 0.1) is 5.92 Å². The first kappa shape index (κ1) is 15.3. The first-order valence-electron chi connectivity index (χ1n) is 6.78. The predicted molar refractivity (Wildman–Crippen MR) is 91.5 cm³/mol. The van der Waals surface area contributed by atoms with Gasteiger partial charge in [-0.05, 0) is 11.5 Å². The van der Waals surface area contributed by atoms with Crippen molar-refractivity contribution < 1.29 is 4.79 Å². The monoisotopic (exact) mass is 301 g/mol. The van der Waals surface area contributed by atoms with Gasteiger partial charge in [0, 0.05) is 24.9 Å². The number of benzene rings is 2. The SMILES string of the molecule is CC(CN(C)C(=O)Nc1cccc2ccccc12)C(N)=S. The van der Waals surface area contributed by atoms with Gasteiger partial charge in [-0.3, -0.25) is 0 Å². The van der Waals surface area contributed by atoms with Gasteiger partial charge in [0.15, 0.2) is 0 Å². The Balaban J connectivity index is 2.13. The molecule has 2 aromatic carbocycles. The lowest BCUT2D eigenvalue weighted by molar-refractivity contribution is 0.220. The van der Waals surface area contributed by atoms with Gasteiger partial charge in [-0.25, -0.2) is 4.79 Å². The van der Waals surface area contributed by atoms with Crippen LogP contribution in [0.15, 0.2) is 42.5 Å². The van der Waals surface area contributed by atoms with E-state index in [1.54, 1.807) is 11.9 Å². The molecule has 0 saturated carbocycles. The molecule has 4 nitrogen and oxygen atoms in total. The summed E-state index contributed by atoms with van der Waals surface area (Å²) in [6.45, 7) is 2.40. The Labute approximate surface area is 129 Å². The average molecular weight is 301 g/mol. The molecule has 21 heavy (non-hydrogen) atoms. The zero-order valence-corrected chi connectivity index (χ0v) is 13.0. The number of nitrogens with two attached hydrogens (primary N) is 1. The van der Waals surface area contributed by atoms with Crippen LogP contribution in [0.4, 0.5) is 10.5 Å². The quantitative estimate of drug-likeness (QED) is 0.852. The number of amides is 2. The summed E-state index contributed by atoms with van der Waals surface area (Å²) in [4.78, 5) is 14.3. The molecular formula is C16H19N3OS. The third-order valence-electron chi connectivity index (χ3n) is 3.41. The highest BCUT2D eigenvalue weighted by molar-refractivity contribution is 7.80. The molecule has 3 N–H and O–H groups in total. The van der Waals surface area contributed by atoms with E-state index in [0.29, 0.717) is 11.5 Å². The zero-order valence-electron chi connectivity index (χ0n) is 12.2. The highest BCUT2D eigenvalue weighted by atomic mass is 32.1. The van der Waals surface area contributed by atoms with Crippen molar-refractivity contribution in [2.75, 3.05) is 18.9 Å². The maximum atomic E-state index is 12.2. The standard InChI is InChI=1S/C16H19N3OS/c1-11(15(17)21)10-19(2)16(20)18-14-9-5-7-12-6-3-4-8-13(12)14/h3-9,11H,10H2,1-2H3,(H2,17,21)(H,18,20). The number of fused-ring (bicyclic) bond motifs is 1. The van der Waals surface area contributed by atoms with Crippen molar-refractivity contribution in [3.05, 3.63) is 42.5 Å². The molecule has 0 aliphatic rings. The Kier molecular flexibility index (Phi) is 4.75. The van der Waals surface area contributed by atoms with E-state index in [4.69, 9.17) is 18.0 Å². The van der Waals surface area contributed by atoms with Crippen LogP contribution in [0.3, 0.4) is 0 Å². The van der Waals surface area contributed by atoms with E-state index in [0.717, 1.165) is 16.5 Å². The van der Waals surface area contributed by atoms with Gasteiger partial charge in [0.25, 0.3) is 0 Å². The summed E-state index contributed by atoms with van der Waals surface area (Å²) < 4.78 is 0. The van der Waals surface area contributed by atoms with Gasteiger partial charge < -0.3 is 16.0 Å². The van der Waals surface area contributed by atoms with E-state index < -0.39 is 0 Å². The van der Waals surface area contributed by atoms with Gasteiger partial charge in [0.1, 0.15) is 0 Å². The molecule has 2 aromatic rings. The number of hydrogen-bond donors (Lipinski definition) is 2. The number of urea groups is 1. The number of hydrogen-bond acceptors (Lipinski definition) is 2. The van der Waals surface area contributed by atoms with Crippen LogP contribution in [0.2, 0.25) is 0 Å². The molecule has 0 bridgehead atoms. The van der Waals surface area contributed by atoms with Crippen LogP contribution in [-0.2, 0) is 0 Å². The summed E-state index contributed by atoms with van der Waals surface area (Å²) in [6.07, 6.45) is 0. The summed E-state index contributed by atoms with van der Waals surface area (Å²) in [5, 5.41) is 5.04. The molecule has 2 rings (SSSR count). The Bertz CT molecular complexity index is 666. The van der Waals surface area contributed by atoms with Crippen LogP contribution in [0.1, 0.15) is 6.92 Å². The fourth-order valence-electron chi connectivity index (χ4n) is 2.13. The molecule has 0 radical (unpaired) electrons. The highest BCUT2D eigenvalue weighted by Crippen LogP contribution is 2.23. The van der Waals surface area contributed by atoms with Gasteiger partial charge in [-0.15, -0.1) is 0 Å². The second-order valence-corrected chi connectivity index (χ2v) is 5.61. The van der Waals surface area contributed by atoms with E-state index in [2.05, 4.69) is 5.32 Å². The minimum absolute atomic E-state index is 0.0109. The lowest BCUT2D eigenvalue weighted by Crippen LogP contribution is -2.37. The maximum absolute atomic E-state index is 12.2. The first-order chi connectivity index (χ1) is 9.99. The second-order valence-electron chi connectivity index (χ2n) is 5.14. The maximum Gasteiger partial charge on any atom is 0.321 e. The minimum atomic E-state index is -0.172. The number of thiocarbonyl (C=S) groups is 1. The predicted octanol–water partition coefficient (Wildman–Crippen LogP) is 3.23. The lowest BCUT2D eigenvalue weighted by Gasteiger charge is -2.21. The largest absolute Gasteiger partial charge is 0.393 e. The lowest BCUT2D eigenvalue weighted by atomic mass is 10.1. The summed E-state index contributed by atoms with van der Waals surface area (Å²) in [7, 11) is 1.73. The number of carbonyl (C=O) groups excluding carboxylic acids is 1. The Morgan fingerprint density at radius 2 is 1.95 bits per heavy atom. The normalized spacial score (nSPS) is 11.9. The van der Waals surface area contributed by atoms with Crippen molar-refractivity contribution >= 4 is 39.7 Å².